The number of likely N-dealkylation sites (tertiary alicyclic amines) is 1. The summed E-state index contributed by atoms with van der Waals surface area (Å²) < 4.78 is 17.3. The first-order valence-electron chi connectivity index (χ1n) is 13.5. The van der Waals surface area contributed by atoms with Crippen LogP contribution in [-0.2, 0) is 16.0 Å². The van der Waals surface area contributed by atoms with Crippen LogP contribution in [-0.4, -0.2) is 93.1 Å². The zero-order valence-corrected chi connectivity index (χ0v) is 22.4. The maximum Gasteiger partial charge on any atom is 0.295 e. The van der Waals surface area contributed by atoms with E-state index in [9.17, 15) is 15.3 Å². The summed E-state index contributed by atoms with van der Waals surface area (Å²) in [5.41, 5.74) is 6.67. The van der Waals surface area contributed by atoms with Gasteiger partial charge in [0.05, 0.1) is 41.5 Å². The number of nitrogens with zero attached hydrogens (tertiary/aromatic N) is 2. The highest BCUT2D eigenvalue weighted by Crippen LogP contribution is 2.35. The van der Waals surface area contributed by atoms with E-state index < -0.39 is 18.3 Å². The van der Waals surface area contributed by atoms with Crippen LogP contribution in [0.1, 0.15) is 5.56 Å². The number of aromatic nitrogens is 2. The van der Waals surface area contributed by atoms with Gasteiger partial charge in [-0.2, -0.15) is 4.98 Å². The van der Waals surface area contributed by atoms with Crippen LogP contribution in [0.5, 0.6) is 6.01 Å². The fourth-order valence-corrected chi connectivity index (χ4v) is 6.12. The summed E-state index contributed by atoms with van der Waals surface area (Å²) in [6.07, 6.45) is -3.00. The zero-order valence-electron chi connectivity index (χ0n) is 21.6. The monoisotopic (exact) mass is 563 g/mol. The molecule has 6 atom stereocenters. The average molecular weight is 564 g/mol. The predicted molar refractivity (Wildman–Crippen MR) is 149 cm³/mol. The Morgan fingerprint density at radius 3 is 2.23 bits per heavy atom. The number of benzene rings is 3. The van der Waals surface area contributed by atoms with Gasteiger partial charge in [0.25, 0.3) is 6.01 Å². The second-order valence-corrected chi connectivity index (χ2v) is 11.2. The van der Waals surface area contributed by atoms with Gasteiger partial charge in [0, 0.05) is 25.2 Å². The van der Waals surface area contributed by atoms with E-state index in [0.29, 0.717) is 37.3 Å². The van der Waals surface area contributed by atoms with Crippen LogP contribution in [0.4, 0.5) is 0 Å². The molecule has 0 amide bonds. The second kappa shape index (κ2) is 10.4. The summed E-state index contributed by atoms with van der Waals surface area (Å²) in [6, 6.07) is 20.7. The van der Waals surface area contributed by atoms with E-state index in [0.717, 1.165) is 38.9 Å². The first-order valence-corrected chi connectivity index (χ1v) is 13.8. The normalized spacial score (nSPS) is 28.4. The topological polar surface area (TPSA) is 120 Å². The van der Waals surface area contributed by atoms with Gasteiger partial charge < -0.3 is 34.5 Å². The summed E-state index contributed by atoms with van der Waals surface area (Å²) in [4.78, 5) is 9.85. The molecule has 0 saturated carbocycles. The number of hydrogen-bond donors (Lipinski definition) is 4. The number of aromatic amines is 1. The largest absolute Gasteiger partial charge is 0.456 e. The number of hydrogen-bond acceptors (Lipinski definition) is 8. The van der Waals surface area contributed by atoms with Gasteiger partial charge in [-0.3, -0.25) is 4.90 Å². The zero-order chi connectivity index (χ0) is 27.4. The molecule has 0 bridgehead atoms. The quantitative estimate of drug-likeness (QED) is 0.283. The van der Waals surface area contributed by atoms with Gasteiger partial charge in [-0.25, -0.2) is 0 Å². The fraction of sp³-hybridized carbons (Fsp3) is 0.367. The maximum absolute atomic E-state index is 9.96. The van der Waals surface area contributed by atoms with Crippen molar-refractivity contribution < 1.29 is 29.5 Å². The lowest BCUT2D eigenvalue weighted by Crippen LogP contribution is -2.34. The maximum atomic E-state index is 9.96. The molecule has 4 N–H and O–H groups in total. The SMILES string of the molecule is O[C@@H]1CO[C@H]2[C@@H]1OC[C@H]2Oc1nc2cc(-c3ccc(-c4ccc(CN5C[C@@H](O)[C@@H](O)C5)cc4)cc3)c(Cl)cc2[nH]1. The summed E-state index contributed by atoms with van der Waals surface area (Å²) >= 11 is 6.68. The molecular weight excluding hydrogens is 534 g/mol. The molecule has 9 nitrogen and oxygen atoms in total. The van der Waals surface area contributed by atoms with Crippen molar-refractivity contribution in [1.29, 1.82) is 0 Å². The van der Waals surface area contributed by atoms with E-state index in [1.165, 1.54) is 0 Å². The number of ether oxygens (including phenoxy) is 3. The highest BCUT2D eigenvalue weighted by Gasteiger charge is 2.48. The molecule has 208 valence electrons. The Kier molecular flexibility index (Phi) is 6.76. The molecule has 3 saturated heterocycles. The molecule has 40 heavy (non-hydrogen) atoms. The number of aliphatic hydroxyl groups excluding tert-OH is 3. The number of rotatable bonds is 6. The molecule has 0 radical (unpaired) electrons. The summed E-state index contributed by atoms with van der Waals surface area (Å²) in [6.45, 7) is 2.25. The molecule has 4 aromatic rings. The minimum absolute atomic E-state index is 0.245. The smallest absolute Gasteiger partial charge is 0.295 e. The molecule has 1 aromatic heterocycles. The van der Waals surface area contributed by atoms with Crippen molar-refractivity contribution in [2.45, 2.75) is 43.2 Å². The summed E-state index contributed by atoms with van der Waals surface area (Å²) in [5.74, 6) is 0. The molecule has 0 aliphatic carbocycles. The van der Waals surface area contributed by atoms with Gasteiger partial charge >= 0.3 is 0 Å². The van der Waals surface area contributed by atoms with Gasteiger partial charge in [-0.1, -0.05) is 60.1 Å². The van der Waals surface area contributed by atoms with Crippen LogP contribution in [0.2, 0.25) is 5.02 Å². The standard InChI is InChI=1S/C30H30ClN3O6/c31-21-10-23-22(32-30(33-23)40-27-15-39-28-26(37)14-38-29(27)28)9-20(21)19-7-5-18(6-8-19)17-3-1-16(2-4-17)11-34-12-24(35)25(36)13-34/h1-10,24-29,35-37H,11-15H2,(H,32,33)/t24-,25+,26-,27-,28-,29-/m1/s1. The number of imidazole rings is 1. The van der Waals surface area contributed by atoms with E-state index in [1.54, 1.807) is 0 Å². The Bertz CT molecular complexity index is 1500. The lowest BCUT2D eigenvalue weighted by atomic mass is 9.99. The second-order valence-electron chi connectivity index (χ2n) is 10.8. The predicted octanol–water partition coefficient (Wildman–Crippen LogP) is 2.99. The summed E-state index contributed by atoms with van der Waals surface area (Å²) in [5, 5.41) is 30.1. The van der Waals surface area contributed by atoms with Crippen molar-refractivity contribution in [3.8, 4) is 28.3 Å². The number of halogens is 1. The third-order valence-corrected chi connectivity index (χ3v) is 8.33. The lowest BCUT2D eigenvalue weighted by molar-refractivity contribution is 0.00706. The van der Waals surface area contributed by atoms with E-state index in [-0.39, 0.29) is 24.9 Å². The van der Waals surface area contributed by atoms with E-state index in [4.69, 9.17) is 25.8 Å². The van der Waals surface area contributed by atoms with Gasteiger partial charge in [0.1, 0.15) is 18.3 Å². The third-order valence-electron chi connectivity index (χ3n) is 8.02. The van der Waals surface area contributed by atoms with E-state index in [2.05, 4.69) is 51.3 Å². The molecule has 0 spiro atoms. The van der Waals surface area contributed by atoms with Crippen molar-refractivity contribution in [1.82, 2.24) is 14.9 Å². The van der Waals surface area contributed by atoms with Crippen molar-refractivity contribution in [3.63, 3.8) is 0 Å². The van der Waals surface area contributed by atoms with Crippen LogP contribution in [0, 0.1) is 0 Å². The Hall–Kier alpha value is -3.02. The summed E-state index contributed by atoms with van der Waals surface area (Å²) in [7, 11) is 0. The Morgan fingerprint density at radius 2 is 1.50 bits per heavy atom. The van der Waals surface area contributed by atoms with E-state index in [1.807, 2.05) is 24.3 Å². The molecule has 4 heterocycles. The first kappa shape index (κ1) is 25.9. The first-order chi connectivity index (χ1) is 19.4. The fourth-order valence-electron chi connectivity index (χ4n) is 5.85. The number of β-amino-alcohol motifs (C(OH)–C–C–N with tert-alkyl or cyclic N) is 2. The molecule has 7 rings (SSSR count). The third kappa shape index (κ3) is 4.88. The number of aliphatic hydroxyl groups is 3. The van der Waals surface area contributed by atoms with Crippen LogP contribution in [0.15, 0.2) is 60.7 Å². The van der Waals surface area contributed by atoms with Crippen LogP contribution in [0.3, 0.4) is 0 Å². The van der Waals surface area contributed by atoms with Gasteiger partial charge in [-0.05, 0) is 34.4 Å². The molecule has 3 fully saturated rings. The van der Waals surface area contributed by atoms with Crippen molar-refractivity contribution in [2.75, 3.05) is 26.3 Å². The van der Waals surface area contributed by atoms with Crippen molar-refractivity contribution >= 4 is 22.6 Å². The molecule has 10 heteroatoms. The number of fused-ring (bicyclic) bond motifs is 2. The minimum Gasteiger partial charge on any atom is -0.456 e. The Balaban J connectivity index is 1.05. The molecule has 3 aliphatic heterocycles. The van der Waals surface area contributed by atoms with Gasteiger partial charge in [-0.15, -0.1) is 0 Å². The average Bonchev–Trinajstić information content (AvgIpc) is 3.71. The Labute approximate surface area is 235 Å². The van der Waals surface area contributed by atoms with Crippen LogP contribution >= 0.6 is 11.6 Å². The molecule has 0 unspecified atom stereocenters. The van der Waals surface area contributed by atoms with Gasteiger partial charge in [0.2, 0.25) is 0 Å². The minimum atomic E-state index is -0.673. The number of H-pyrrole nitrogens is 1. The molecule has 3 aliphatic rings. The van der Waals surface area contributed by atoms with Gasteiger partial charge in [0.15, 0.2) is 6.10 Å². The van der Waals surface area contributed by atoms with Crippen molar-refractivity contribution in [3.05, 3.63) is 71.2 Å². The Morgan fingerprint density at radius 1 is 0.850 bits per heavy atom. The highest BCUT2D eigenvalue weighted by molar-refractivity contribution is 6.34. The number of nitrogens with one attached hydrogen (secondary N) is 1. The van der Waals surface area contributed by atoms with Crippen molar-refractivity contribution in [2.24, 2.45) is 0 Å². The lowest BCUT2D eigenvalue weighted by Gasteiger charge is -2.15. The van der Waals surface area contributed by atoms with Crippen LogP contribution < -0.4 is 4.74 Å². The van der Waals surface area contributed by atoms with E-state index >= 15 is 0 Å². The molecule has 3 aromatic carbocycles. The van der Waals surface area contributed by atoms with Crippen LogP contribution in [0.25, 0.3) is 33.3 Å². The highest BCUT2D eigenvalue weighted by atomic mass is 35.5. The molecular formula is C30H30ClN3O6.